The zero-order chi connectivity index (χ0) is 17.4. The maximum atomic E-state index is 12.3. The molecule has 0 fully saturated rings. The summed E-state index contributed by atoms with van der Waals surface area (Å²) in [6.07, 6.45) is 0. The first-order chi connectivity index (χ1) is 12.2. The summed E-state index contributed by atoms with van der Waals surface area (Å²) in [5.74, 6) is 0.423. The van der Waals surface area contributed by atoms with Gasteiger partial charge in [0.2, 0.25) is 5.13 Å². The van der Waals surface area contributed by atoms with Gasteiger partial charge < -0.3 is 4.74 Å². The molecule has 1 amide bonds. The van der Waals surface area contributed by atoms with E-state index in [4.69, 9.17) is 4.74 Å². The number of hydrazine groups is 1. The van der Waals surface area contributed by atoms with Gasteiger partial charge in [0.25, 0.3) is 5.91 Å². The topological polar surface area (TPSA) is 76.1 Å². The van der Waals surface area contributed by atoms with Gasteiger partial charge in [-0.1, -0.05) is 29.5 Å². The average molecular weight is 370 g/mol. The van der Waals surface area contributed by atoms with Crippen molar-refractivity contribution in [3.63, 3.8) is 0 Å². The first kappa shape index (κ1) is 15.8. The Bertz CT molecular complexity index is 1050. The summed E-state index contributed by atoms with van der Waals surface area (Å²) in [6.45, 7) is 2.02. The number of carbonyl (C=O) groups excluding carboxylic acids is 1. The first-order valence-electron chi connectivity index (χ1n) is 7.52. The van der Waals surface area contributed by atoms with E-state index in [1.54, 1.807) is 7.11 Å². The van der Waals surface area contributed by atoms with Crippen LogP contribution >= 0.6 is 22.7 Å². The van der Waals surface area contributed by atoms with Gasteiger partial charge in [0.05, 0.1) is 22.0 Å². The van der Waals surface area contributed by atoms with Crippen molar-refractivity contribution in [2.24, 2.45) is 0 Å². The number of ether oxygens (including phenoxy) is 1. The molecule has 0 saturated carbocycles. The van der Waals surface area contributed by atoms with E-state index in [1.807, 2.05) is 43.3 Å². The Labute approximate surface area is 151 Å². The highest BCUT2D eigenvalue weighted by molar-refractivity contribution is 7.22. The Kier molecular flexibility index (Phi) is 3.98. The number of benzene rings is 2. The van der Waals surface area contributed by atoms with E-state index in [0.29, 0.717) is 15.9 Å². The molecule has 0 unspecified atom stereocenters. The maximum absolute atomic E-state index is 12.3. The summed E-state index contributed by atoms with van der Waals surface area (Å²) < 4.78 is 7.35. The molecule has 4 aromatic rings. The Morgan fingerprint density at radius 2 is 1.96 bits per heavy atom. The SMILES string of the molecule is COc1ccc(C)c2sc(NNC(=O)c3nc4ccccc4s3)nc12. The van der Waals surface area contributed by atoms with Gasteiger partial charge in [0, 0.05) is 0 Å². The summed E-state index contributed by atoms with van der Waals surface area (Å²) >= 11 is 2.82. The summed E-state index contributed by atoms with van der Waals surface area (Å²) in [5.41, 5.74) is 8.24. The third-order valence-corrected chi connectivity index (χ3v) is 5.84. The van der Waals surface area contributed by atoms with E-state index in [2.05, 4.69) is 20.8 Å². The van der Waals surface area contributed by atoms with Crippen LogP contribution in [0.25, 0.3) is 20.4 Å². The first-order valence-corrected chi connectivity index (χ1v) is 9.15. The summed E-state index contributed by atoms with van der Waals surface area (Å²) in [5, 5.41) is 1.00. The zero-order valence-electron chi connectivity index (χ0n) is 13.5. The van der Waals surface area contributed by atoms with Gasteiger partial charge >= 0.3 is 0 Å². The summed E-state index contributed by atoms with van der Waals surface area (Å²) in [7, 11) is 1.62. The van der Waals surface area contributed by atoms with Gasteiger partial charge in [-0.2, -0.15) is 0 Å². The van der Waals surface area contributed by atoms with Crippen LogP contribution in [0.3, 0.4) is 0 Å². The predicted octanol–water partition coefficient (Wildman–Crippen LogP) is 3.98. The highest BCUT2D eigenvalue weighted by Gasteiger charge is 2.14. The third kappa shape index (κ3) is 2.90. The predicted molar refractivity (Wildman–Crippen MR) is 102 cm³/mol. The van der Waals surface area contributed by atoms with Crippen LogP contribution in [0.15, 0.2) is 36.4 Å². The number of para-hydroxylation sites is 1. The second-order valence-electron chi connectivity index (χ2n) is 5.35. The molecule has 0 saturated heterocycles. The number of rotatable bonds is 4. The second kappa shape index (κ2) is 6.30. The van der Waals surface area contributed by atoms with Crippen LogP contribution in [0.1, 0.15) is 15.4 Å². The fourth-order valence-corrected chi connectivity index (χ4v) is 4.23. The fraction of sp³-hybridized carbons (Fsp3) is 0.118. The zero-order valence-corrected chi connectivity index (χ0v) is 15.1. The van der Waals surface area contributed by atoms with Gasteiger partial charge in [-0.05, 0) is 30.7 Å². The number of methoxy groups -OCH3 is 1. The van der Waals surface area contributed by atoms with Crippen molar-refractivity contribution in [2.45, 2.75) is 6.92 Å². The lowest BCUT2D eigenvalue weighted by atomic mass is 10.2. The number of anilines is 1. The molecule has 4 rings (SSSR count). The lowest BCUT2D eigenvalue weighted by molar-refractivity contribution is 0.0962. The highest BCUT2D eigenvalue weighted by atomic mass is 32.1. The molecule has 0 bridgehead atoms. The van der Waals surface area contributed by atoms with E-state index >= 15 is 0 Å². The molecule has 2 aromatic carbocycles. The fourth-order valence-electron chi connectivity index (χ4n) is 2.46. The molecule has 0 spiro atoms. The normalized spacial score (nSPS) is 11.0. The van der Waals surface area contributed by atoms with Crippen LogP contribution in [0.5, 0.6) is 5.75 Å². The summed E-state index contributed by atoms with van der Waals surface area (Å²) in [6, 6.07) is 11.5. The second-order valence-corrected chi connectivity index (χ2v) is 7.38. The number of amides is 1. The van der Waals surface area contributed by atoms with Gasteiger partial charge in [-0.15, -0.1) is 11.3 Å². The largest absolute Gasteiger partial charge is 0.494 e. The number of hydrogen-bond acceptors (Lipinski definition) is 7. The molecule has 2 aromatic heterocycles. The van der Waals surface area contributed by atoms with Crippen LogP contribution in [0.4, 0.5) is 5.13 Å². The van der Waals surface area contributed by atoms with Crippen LogP contribution in [0.2, 0.25) is 0 Å². The Balaban J connectivity index is 1.55. The standard InChI is InChI=1S/C17H14N4O2S2/c1-9-7-8-11(23-2)13-14(9)25-17(19-13)21-20-15(22)16-18-10-5-3-4-6-12(10)24-16/h3-8H,1-2H3,(H,19,21)(H,20,22). The number of nitrogens with one attached hydrogen (secondary N) is 2. The molecule has 0 radical (unpaired) electrons. The Morgan fingerprint density at radius 1 is 1.12 bits per heavy atom. The van der Waals surface area contributed by atoms with Crippen molar-refractivity contribution in [3.05, 3.63) is 47.0 Å². The molecule has 126 valence electrons. The molecule has 6 nitrogen and oxygen atoms in total. The maximum Gasteiger partial charge on any atom is 0.298 e. The number of carbonyl (C=O) groups is 1. The van der Waals surface area contributed by atoms with Crippen LogP contribution in [-0.4, -0.2) is 23.0 Å². The quantitative estimate of drug-likeness (QED) is 0.532. The number of thiazole rings is 2. The lowest BCUT2D eigenvalue weighted by Crippen LogP contribution is -2.29. The highest BCUT2D eigenvalue weighted by Crippen LogP contribution is 2.34. The van der Waals surface area contributed by atoms with Gasteiger partial charge in [-0.25, -0.2) is 9.97 Å². The van der Waals surface area contributed by atoms with Crippen molar-refractivity contribution in [3.8, 4) is 5.75 Å². The molecule has 25 heavy (non-hydrogen) atoms. The van der Waals surface area contributed by atoms with Crippen molar-refractivity contribution >= 4 is 54.1 Å². The van der Waals surface area contributed by atoms with Crippen molar-refractivity contribution in [1.82, 2.24) is 15.4 Å². The van der Waals surface area contributed by atoms with Crippen LogP contribution in [0, 0.1) is 6.92 Å². The smallest absolute Gasteiger partial charge is 0.298 e. The minimum Gasteiger partial charge on any atom is -0.494 e. The molecular weight excluding hydrogens is 356 g/mol. The molecule has 0 aliphatic rings. The number of fused-ring (bicyclic) bond motifs is 2. The van der Waals surface area contributed by atoms with E-state index in [1.165, 1.54) is 22.7 Å². The van der Waals surface area contributed by atoms with Crippen molar-refractivity contribution in [1.29, 1.82) is 0 Å². The third-order valence-electron chi connectivity index (χ3n) is 3.69. The van der Waals surface area contributed by atoms with E-state index in [-0.39, 0.29) is 5.91 Å². The van der Waals surface area contributed by atoms with Crippen molar-refractivity contribution < 1.29 is 9.53 Å². The molecule has 0 atom stereocenters. The van der Waals surface area contributed by atoms with E-state index < -0.39 is 0 Å². The Hall–Kier alpha value is -2.71. The molecular formula is C17H14N4O2S2. The van der Waals surface area contributed by atoms with Gasteiger partial charge in [-0.3, -0.25) is 15.6 Å². The number of hydrogen-bond donors (Lipinski definition) is 2. The van der Waals surface area contributed by atoms with Crippen LogP contribution < -0.4 is 15.6 Å². The number of nitrogens with zero attached hydrogens (tertiary/aromatic N) is 2. The minimum absolute atomic E-state index is 0.288. The summed E-state index contributed by atoms with van der Waals surface area (Å²) in [4.78, 5) is 21.2. The Morgan fingerprint density at radius 3 is 2.76 bits per heavy atom. The molecule has 2 heterocycles. The molecule has 8 heteroatoms. The van der Waals surface area contributed by atoms with E-state index in [0.717, 1.165) is 26.0 Å². The number of aromatic nitrogens is 2. The monoisotopic (exact) mass is 370 g/mol. The van der Waals surface area contributed by atoms with Crippen LogP contribution in [-0.2, 0) is 0 Å². The number of aryl methyl sites for hydroxylation is 1. The molecule has 0 aliphatic carbocycles. The van der Waals surface area contributed by atoms with Crippen molar-refractivity contribution in [2.75, 3.05) is 12.5 Å². The van der Waals surface area contributed by atoms with Gasteiger partial charge in [0.1, 0.15) is 11.3 Å². The average Bonchev–Trinajstić information content (AvgIpc) is 3.24. The lowest BCUT2D eigenvalue weighted by Gasteiger charge is -2.02. The van der Waals surface area contributed by atoms with Gasteiger partial charge in [0.15, 0.2) is 5.01 Å². The molecule has 2 N–H and O–H groups in total. The van der Waals surface area contributed by atoms with E-state index in [9.17, 15) is 4.79 Å². The minimum atomic E-state index is -0.288. The molecule has 0 aliphatic heterocycles.